The summed E-state index contributed by atoms with van der Waals surface area (Å²) >= 11 is 7.47. The van der Waals surface area contributed by atoms with Gasteiger partial charge in [0.05, 0.1) is 12.7 Å². The van der Waals surface area contributed by atoms with E-state index in [-0.39, 0.29) is 0 Å². The van der Waals surface area contributed by atoms with Crippen molar-refractivity contribution >= 4 is 23.4 Å². The maximum atomic E-state index is 5.93. The number of rotatable bonds is 8. The van der Waals surface area contributed by atoms with Crippen LogP contribution in [0.25, 0.3) is 11.4 Å². The number of hydrogen-bond donors (Lipinski definition) is 0. The third-order valence-corrected chi connectivity index (χ3v) is 5.23. The van der Waals surface area contributed by atoms with Crippen molar-refractivity contribution in [2.24, 2.45) is 0 Å². The number of aryl methyl sites for hydroxylation is 1. The van der Waals surface area contributed by atoms with Gasteiger partial charge in [-0.25, -0.2) is 0 Å². The first-order valence-electron chi connectivity index (χ1n) is 8.25. The van der Waals surface area contributed by atoms with Crippen molar-refractivity contribution in [2.75, 3.05) is 12.9 Å². The van der Waals surface area contributed by atoms with Gasteiger partial charge in [-0.2, -0.15) is 0 Å². The fourth-order valence-electron chi connectivity index (χ4n) is 2.65. The largest absolute Gasteiger partial charge is 0.496 e. The van der Waals surface area contributed by atoms with Crippen molar-refractivity contribution in [1.82, 2.24) is 14.8 Å². The van der Waals surface area contributed by atoms with Gasteiger partial charge in [-0.3, -0.25) is 0 Å². The van der Waals surface area contributed by atoms with Crippen LogP contribution in [0.15, 0.2) is 71.4 Å². The standard InChI is InChI=1S/C20H20ClN3OS/c1-15(21)14-26-20-23-22-19(17-10-6-7-11-18(17)25-2)24(20)13-12-16-8-4-3-5-9-16/h3-11H,1,12-14H2,2H3. The van der Waals surface area contributed by atoms with Crippen LogP contribution in [-0.2, 0) is 13.0 Å². The topological polar surface area (TPSA) is 39.9 Å². The number of methoxy groups -OCH3 is 1. The summed E-state index contributed by atoms with van der Waals surface area (Å²) < 4.78 is 7.62. The molecule has 0 radical (unpaired) electrons. The Hall–Kier alpha value is -2.24. The summed E-state index contributed by atoms with van der Waals surface area (Å²) in [6.07, 6.45) is 0.885. The fraction of sp³-hybridized carbons (Fsp3) is 0.200. The van der Waals surface area contributed by atoms with Gasteiger partial charge in [0.1, 0.15) is 5.75 Å². The number of nitrogens with zero attached hydrogens (tertiary/aromatic N) is 3. The first-order chi connectivity index (χ1) is 12.7. The van der Waals surface area contributed by atoms with Crippen molar-refractivity contribution in [3.05, 3.63) is 71.8 Å². The zero-order chi connectivity index (χ0) is 18.4. The molecule has 4 nitrogen and oxygen atoms in total. The van der Waals surface area contributed by atoms with E-state index in [1.54, 1.807) is 7.11 Å². The van der Waals surface area contributed by atoms with Crippen LogP contribution in [0.3, 0.4) is 0 Å². The lowest BCUT2D eigenvalue weighted by molar-refractivity contribution is 0.415. The highest BCUT2D eigenvalue weighted by Crippen LogP contribution is 2.31. The molecule has 3 rings (SSSR count). The predicted octanol–water partition coefficient (Wildman–Crippen LogP) is 5.04. The van der Waals surface area contributed by atoms with E-state index in [9.17, 15) is 0 Å². The Morgan fingerprint density at radius 2 is 1.85 bits per heavy atom. The van der Waals surface area contributed by atoms with Crippen molar-refractivity contribution in [2.45, 2.75) is 18.1 Å². The van der Waals surface area contributed by atoms with Gasteiger partial charge in [-0.15, -0.1) is 10.2 Å². The number of halogens is 1. The van der Waals surface area contributed by atoms with Gasteiger partial charge < -0.3 is 9.30 Å². The van der Waals surface area contributed by atoms with Gasteiger partial charge in [0, 0.05) is 17.3 Å². The first-order valence-corrected chi connectivity index (χ1v) is 9.62. The Kier molecular flexibility index (Phi) is 6.36. The van der Waals surface area contributed by atoms with Crippen LogP contribution in [0.1, 0.15) is 5.56 Å². The zero-order valence-electron chi connectivity index (χ0n) is 14.6. The van der Waals surface area contributed by atoms with Crippen LogP contribution < -0.4 is 4.74 Å². The van der Waals surface area contributed by atoms with Crippen LogP contribution in [0.5, 0.6) is 5.75 Å². The van der Waals surface area contributed by atoms with E-state index in [1.165, 1.54) is 17.3 Å². The maximum absolute atomic E-state index is 5.93. The normalized spacial score (nSPS) is 10.7. The molecular formula is C20H20ClN3OS. The second-order valence-corrected chi connectivity index (χ2v) is 7.18. The molecule has 0 spiro atoms. The van der Waals surface area contributed by atoms with Crippen molar-refractivity contribution < 1.29 is 4.74 Å². The molecule has 0 aliphatic heterocycles. The van der Waals surface area contributed by atoms with E-state index >= 15 is 0 Å². The smallest absolute Gasteiger partial charge is 0.191 e. The second kappa shape index (κ2) is 8.92. The number of ether oxygens (including phenoxy) is 1. The monoisotopic (exact) mass is 385 g/mol. The Morgan fingerprint density at radius 3 is 2.58 bits per heavy atom. The highest BCUT2D eigenvalue weighted by molar-refractivity contribution is 7.99. The summed E-state index contributed by atoms with van der Waals surface area (Å²) in [6, 6.07) is 18.2. The van der Waals surface area contributed by atoms with Gasteiger partial charge in [-0.1, -0.05) is 72.4 Å². The minimum Gasteiger partial charge on any atom is -0.496 e. The van der Waals surface area contributed by atoms with Gasteiger partial charge in [0.15, 0.2) is 11.0 Å². The van der Waals surface area contributed by atoms with Gasteiger partial charge >= 0.3 is 0 Å². The van der Waals surface area contributed by atoms with Crippen molar-refractivity contribution in [3.8, 4) is 17.1 Å². The fourth-order valence-corrected chi connectivity index (χ4v) is 3.54. The summed E-state index contributed by atoms with van der Waals surface area (Å²) in [4.78, 5) is 0. The van der Waals surface area contributed by atoms with Crippen LogP contribution in [-0.4, -0.2) is 27.6 Å². The summed E-state index contributed by atoms with van der Waals surface area (Å²) in [5.41, 5.74) is 2.19. The average molecular weight is 386 g/mol. The summed E-state index contributed by atoms with van der Waals surface area (Å²) in [6.45, 7) is 4.52. The van der Waals surface area contributed by atoms with E-state index in [0.717, 1.165) is 35.3 Å². The molecule has 0 saturated heterocycles. The van der Waals surface area contributed by atoms with Gasteiger partial charge in [0.25, 0.3) is 0 Å². The molecule has 2 aromatic carbocycles. The highest BCUT2D eigenvalue weighted by atomic mass is 35.5. The van der Waals surface area contributed by atoms with E-state index in [1.807, 2.05) is 30.3 Å². The molecule has 1 aromatic heterocycles. The maximum Gasteiger partial charge on any atom is 0.191 e. The predicted molar refractivity (Wildman–Crippen MR) is 108 cm³/mol. The molecule has 0 saturated carbocycles. The third kappa shape index (κ3) is 4.48. The molecule has 0 atom stereocenters. The van der Waals surface area contributed by atoms with Crippen molar-refractivity contribution in [1.29, 1.82) is 0 Å². The molecule has 0 N–H and O–H groups in total. The summed E-state index contributed by atoms with van der Waals surface area (Å²) in [7, 11) is 1.66. The molecule has 26 heavy (non-hydrogen) atoms. The van der Waals surface area contributed by atoms with Crippen LogP contribution in [0, 0.1) is 0 Å². The molecule has 0 fully saturated rings. The van der Waals surface area contributed by atoms with E-state index in [4.69, 9.17) is 16.3 Å². The Bertz CT molecular complexity index is 880. The minimum absolute atomic E-state index is 0.589. The van der Waals surface area contributed by atoms with Crippen LogP contribution in [0.2, 0.25) is 0 Å². The first kappa shape index (κ1) is 18.5. The number of thioether (sulfide) groups is 1. The molecule has 0 unspecified atom stereocenters. The van der Waals surface area contributed by atoms with Crippen molar-refractivity contribution in [3.63, 3.8) is 0 Å². The second-order valence-electron chi connectivity index (χ2n) is 5.70. The third-order valence-electron chi connectivity index (χ3n) is 3.89. The molecule has 0 amide bonds. The Balaban J connectivity index is 1.94. The van der Waals surface area contributed by atoms with Crippen LogP contribution >= 0.6 is 23.4 Å². The lowest BCUT2D eigenvalue weighted by atomic mass is 10.1. The Labute approximate surface area is 162 Å². The molecule has 134 valence electrons. The molecule has 0 aliphatic carbocycles. The molecule has 0 aliphatic rings. The highest BCUT2D eigenvalue weighted by Gasteiger charge is 2.17. The number of para-hydroxylation sites is 1. The van der Waals surface area contributed by atoms with E-state index in [0.29, 0.717) is 10.8 Å². The summed E-state index contributed by atoms with van der Waals surface area (Å²) in [5, 5.41) is 10.2. The lowest BCUT2D eigenvalue weighted by Crippen LogP contribution is -2.06. The SMILES string of the molecule is C=C(Cl)CSc1nnc(-c2ccccc2OC)n1CCc1ccccc1. The van der Waals surface area contributed by atoms with Crippen LogP contribution in [0.4, 0.5) is 0 Å². The number of aromatic nitrogens is 3. The van der Waals surface area contributed by atoms with Gasteiger partial charge in [-0.05, 0) is 24.1 Å². The Morgan fingerprint density at radius 1 is 1.12 bits per heavy atom. The quantitative estimate of drug-likeness (QED) is 0.509. The molecular weight excluding hydrogens is 366 g/mol. The van der Waals surface area contributed by atoms with E-state index < -0.39 is 0 Å². The molecule has 6 heteroatoms. The van der Waals surface area contributed by atoms with E-state index in [2.05, 4.69) is 45.6 Å². The van der Waals surface area contributed by atoms with Gasteiger partial charge in [0.2, 0.25) is 0 Å². The summed E-state index contributed by atoms with van der Waals surface area (Å²) in [5.74, 6) is 2.16. The minimum atomic E-state index is 0.589. The number of hydrogen-bond acceptors (Lipinski definition) is 4. The average Bonchev–Trinajstić information content (AvgIpc) is 3.08. The number of benzene rings is 2. The lowest BCUT2D eigenvalue weighted by Gasteiger charge is -2.12. The molecule has 0 bridgehead atoms. The molecule has 1 heterocycles. The zero-order valence-corrected chi connectivity index (χ0v) is 16.1. The molecule has 3 aromatic rings.